The van der Waals surface area contributed by atoms with Gasteiger partial charge in [-0.05, 0) is 58.4 Å². The van der Waals surface area contributed by atoms with Crippen LogP contribution in [0.5, 0.6) is 0 Å². The van der Waals surface area contributed by atoms with E-state index in [-0.39, 0.29) is 5.82 Å². The summed E-state index contributed by atoms with van der Waals surface area (Å²) in [7, 11) is 1.88. The van der Waals surface area contributed by atoms with E-state index in [0.29, 0.717) is 5.56 Å². The Kier molecular flexibility index (Phi) is 3.77. The van der Waals surface area contributed by atoms with Crippen molar-refractivity contribution in [2.24, 2.45) is 0 Å². The second-order valence-electron chi connectivity index (χ2n) is 3.86. The summed E-state index contributed by atoms with van der Waals surface area (Å²) in [4.78, 5) is 12.6. The van der Waals surface area contributed by atoms with Crippen LogP contribution in [0.4, 0.5) is 15.8 Å². The molecule has 0 saturated heterocycles. The zero-order valence-corrected chi connectivity index (χ0v) is 11.3. The summed E-state index contributed by atoms with van der Waals surface area (Å²) in [6.07, 6.45) is 0.797. The summed E-state index contributed by atoms with van der Waals surface area (Å²) in [6, 6.07) is 11.7. The first-order chi connectivity index (χ1) is 8.61. The van der Waals surface area contributed by atoms with Crippen LogP contribution in [0.2, 0.25) is 0 Å². The van der Waals surface area contributed by atoms with Crippen LogP contribution in [0, 0.1) is 5.82 Å². The van der Waals surface area contributed by atoms with Crippen LogP contribution < -0.4 is 4.90 Å². The van der Waals surface area contributed by atoms with Gasteiger partial charge in [0.25, 0.3) is 0 Å². The fourth-order valence-electron chi connectivity index (χ4n) is 1.63. The van der Waals surface area contributed by atoms with E-state index in [1.165, 1.54) is 12.1 Å². The first-order valence-corrected chi connectivity index (χ1v) is 6.15. The van der Waals surface area contributed by atoms with Crippen molar-refractivity contribution in [3.8, 4) is 0 Å². The van der Waals surface area contributed by atoms with E-state index in [9.17, 15) is 9.18 Å². The molecule has 0 bridgehead atoms. The maximum atomic E-state index is 12.9. The fraction of sp³-hybridized carbons (Fsp3) is 0.0714. The number of hydrogen-bond donors (Lipinski definition) is 0. The van der Waals surface area contributed by atoms with Gasteiger partial charge >= 0.3 is 0 Å². The molecule has 0 atom stereocenters. The Morgan fingerprint density at radius 2 is 1.72 bits per heavy atom. The van der Waals surface area contributed by atoms with Crippen LogP contribution in [0.25, 0.3) is 0 Å². The average molecular weight is 308 g/mol. The van der Waals surface area contributed by atoms with E-state index in [0.717, 1.165) is 22.1 Å². The van der Waals surface area contributed by atoms with Crippen molar-refractivity contribution in [1.82, 2.24) is 0 Å². The van der Waals surface area contributed by atoms with E-state index in [2.05, 4.69) is 15.9 Å². The SMILES string of the molecule is CN(c1ccc(F)cc1)c1ccc(C=O)c(Br)c1. The van der Waals surface area contributed by atoms with E-state index >= 15 is 0 Å². The largest absolute Gasteiger partial charge is 0.345 e. The van der Waals surface area contributed by atoms with Crippen molar-refractivity contribution in [3.63, 3.8) is 0 Å². The molecule has 0 heterocycles. The Balaban J connectivity index is 2.33. The molecule has 0 fully saturated rings. The standard InChI is InChI=1S/C14H11BrFNO/c1-17(12-6-3-11(16)4-7-12)13-5-2-10(9-18)14(15)8-13/h2-9H,1H3. The van der Waals surface area contributed by atoms with Gasteiger partial charge in [0.15, 0.2) is 6.29 Å². The van der Waals surface area contributed by atoms with Crippen molar-refractivity contribution in [2.45, 2.75) is 0 Å². The molecule has 0 aliphatic heterocycles. The molecule has 2 aromatic rings. The average Bonchev–Trinajstić information content (AvgIpc) is 2.38. The van der Waals surface area contributed by atoms with Gasteiger partial charge in [0.05, 0.1) is 0 Å². The molecule has 92 valence electrons. The third-order valence-electron chi connectivity index (χ3n) is 2.71. The molecule has 0 spiro atoms. The lowest BCUT2D eigenvalue weighted by Crippen LogP contribution is -2.09. The minimum absolute atomic E-state index is 0.260. The van der Waals surface area contributed by atoms with E-state index in [1.54, 1.807) is 18.2 Å². The lowest BCUT2D eigenvalue weighted by Gasteiger charge is -2.20. The molecular weight excluding hydrogens is 297 g/mol. The zero-order valence-electron chi connectivity index (χ0n) is 9.73. The maximum Gasteiger partial charge on any atom is 0.151 e. The van der Waals surface area contributed by atoms with Crippen molar-refractivity contribution >= 4 is 33.6 Å². The number of aldehydes is 1. The number of hydrogen-bond acceptors (Lipinski definition) is 2. The molecule has 2 rings (SSSR count). The van der Waals surface area contributed by atoms with Gasteiger partial charge in [0.1, 0.15) is 5.82 Å². The van der Waals surface area contributed by atoms with Gasteiger partial charge in [0.2, 0.25) is 0 Å². The topological polar surface area (TPSA) is 20.3 Å². The summed E-state index contributed by atoms with van der Waals surface area (Å²) in [6.45, 7) is 0. The Labute approximate surface area is 113 Å². The van der Waals surface area contributed by atoms with Crippen LogP contribution in [0.15, 0.2) is 46.9 Å². The summed E-state index contributed by atoms with van der Waals surface area (Å²) in [5.41, 5.74) is 2.40. The second-order valence-corrected chi connectivity index (χ2v) is 4.71. The molecule has 2 nitrogen and oxygen atoms in total. The third kappa shape index (κ3) is 2.59. The first kappa shape index (κ1) is 12.8. The molecule has 0 aliphatic carbocycles. The number of rotatable bonds is 3. The molecule has 4 heteroatoms. The highest BCUT2D eigenvalue weighted by Gasteiger charge is 2.06. The van der Waals surface area contributed by atoms with E-state index < -0.39 is 0 Å². The quantitative estimate of drug-likeness (QED) is 0.793. The highest BCUT2D eigenvalue weighted by atomic mass is 79.9. The molecule has 0 amide bonds. The fourth-order valence-corrected chi connectivity index (χ4v) is 2.09. The summed E-state index contributed by atoms with van der Waals surface area (Å²) < 4.78 is 13.6. The predicted molar refractivity (Wildman–Crippen MR) is 74.0 cm³/mol. The third-order valence-corrected chi connectivity index (χ3v) is 3.40. The van der Waals surface area contributed by atoms with Crippen molar-refractivity contribution in [1.29, 1.82) is 0 Å². The molecule has 0 N–H and O–H groups in total. The normalized spacial score (nSPS) is 10.2. The minimum atomic E-state index is -0.260. The Morgan fingerprint density at radius 3 is 2.28 bits per heavy atom. The molecule has 0 radical (unpaired) electrons. The molecule has 18 heavy (non-hydrogen) atoms. The molecule has 0 saturated carbocycles. The van der Waals surface area contributed by atoms with Gasteiger partial charge in [-0.2, -0.15) is 0 Å². The number of carbonyl (C=O) groups excluding carboxylic acids is 1. The highest BCUT2D eigenvalue weighted by molar-refractivity contribution is 9.10. The van der Waals surface area contributed by atoms with E-state index in [4.69, 9.17) is 0 Å². The first-order valence-electron chi connectivity index (χ1n) is 5.36. The lowest BCUT2D eigenvalue weighted by molar-refractivity contribution is 0.112. The zero-order chi connectivity index (χ0) is 13.1. The molecule has 2 aromatic carbocycles. The monoisotopic (exact) mass is 307 g/mol. The Morgan fingerprint density at radius 1 is 1.11 bits per heavy atom. The Bertz CT molecular complexity index is 569. The molecule has 0 aliphatic rings. The van der Waals surface area contributed by atoms with Gasteiger partial charge in [-0.3, -0.25) is 4.79 Å². The van der Waals surface area contributed by atoms with Crippen LogP contribution >= 0.6 is 15.9 Å². The second kappa shape index (κ2) is 5.31. The summed E-state index contributed by atoms with van der Waals surface area (Å²) >= 11 is 3.34. The van der Waals surface area contributed by atoms with Crippen LogP contribution in [0.3, 0.4) is 0 Å². The molecular formula is C14H11BrFNO. The van der Waals surface area contributed by atoms with Gasteiger partial charge in [-0.15, -0.1) is 0 Å². The number of halogens is 2. The maximum absolute atomic E-state index is 12.9. The smallest absolute Gasteiger partial charge is 0.151 e. The minimum Gasteiger partial charge on any atom is -0.345 e. The lowest BCUT2D eigenvalue weighted by atomic mass is 10.2. The van der Waals surface area contributed by atoms with Gasteiger partial charge in [0, 0.05) is 28.5 Å². The Hall–Kier alpha value is -1.68. The summed E-state index contributed by atoms with van der Waals surface area (Å²) in [5, 5.41) is 0. The molecule has 0 aromatic heterocycles. The van der Waals surface area contributed by atoms with Gasteiger partial charge in [-0.25, -0.2) is 4.39 Å². The van der Waals surface area contributed by atoms with Crippen molar-refractivity contribution < 1.29 is 9.18 Å². The predicted octanol–water partition coefficient (Wildman–Crippen LogP) is 4.17. The van der Waals surface area contributed by atoms with Crippen LogP contribution in [-0.4, -0.2) is 13.3 Å². The van der Waals surface area contributed by atoms with Gasteiger partial charge in [-0.1, -0.05) is 0 Å². The van der Waals surface area contributed by atoms with Crippen molar-refractivity contribution in [2.75, 3.05) is 11.9 Å². The number of nitrogens with zero attached hydrogens (tertiary/aromatic N) is 1. The molecule has 0 unspecified atom stereocenters. The number of benzene rings is 2. The number of carbonyl (C=O) groups is 1. The van der Waals surface area contributed by atoms with Crippen LogP contribution in [0.1, 0.15) is 10.4 Å². The van der Waals surface area contributed by atoms with Crippen molar-refractivity contribution in [3.05, 3.63) is 58.3 Å². The van der Waals surface area contributed by atoms with Crippen LogP contribution in [-0.2, 0) is 0 Å². The summed E-state index contributed by atoms with van der Waals surface area (Å²) in [5.74, 6) is -0.260. The number of anilines is 2. The van der Waals surface area contributed by atoms with E-state index in [1.807, 2.05) is 24.1 Å². The highest BCUT2D eigenvalue weighted by Crippen LogP contribution is 2.27. The van der Waals surface area contributed by atoms with Gasteiger partial charge < -0.3 is 4.90 Å².